The van der Waals surface area contributed by atoms with Crippen LogP contribution in [0.4, 0.5) is 14.6 Å². The van der Waals surface area contributed by atoms with Gasteiger partial charge in [-0.15, -0.1) is 0 Å². The molecule has 3 aliphatic heterocycles. The Morgan fingerprint density at radius 1 is 1.10 bits per heavy atom. The molecule has 0 spiro atoms. The molecule has 2 aromatic carbocycles. The highest BCUT2D eigenvalue weighted by Crippen LogP contribution is 2.38. The Balaban J connectivity index is 0.000000371. The number of hydrogen-bond donors (Lipinski definition) is 2. The molecule has 41 heavy (non-hydrogen) atoms. The van der Waals surface area contributed by atoms with Gasteiger partial charge in [0.15, 0.2) is 5.82 Å². The minimum atomic E-state index is -0.561. The van der Waals surface area contributed by atoms with E-state index in [0.29, 0.717) is 30.0 Å². The first kappa shape index (κ1) is 28.9. The minimum Gasteiger partial charge on any atom is -0.508 e. The van der Waals surface area contributed by atoms with E-state index in [2.05, 4.69) is 44.0 Å². The maximum Gasteiger partial charge on any atom is 0.318 e. The molecule has 5 heterocycles. The summed E-state index contributed by atoms with van der Waals surface area (Å²) < 4.78 is 30.8. The first-order valence-electron chi connectivity index (χ1n) is 14.0. The monoisotopic (exact) mass is 564 g/mol. The number of ether oxygens (including phenoxy) is 1. The molecule has 0 radical (unpaired) electrons. The molecule has 2 N–H and O–H groups in total. The third kappa shape index (κ3) is 5.90. The Morgan fingerprint density at radius 2 is 1.85 bits per heavy atom. The predicted molar refractivity (Wildman–Crippen MR) is 159 cm³/mol. The number of methoxy groups -OCH3 is 1. The summed E-state index contributed by atoms with van der Waals surface area (Å²) in [6.45, 7) is 6.40. The van der Waals surface area contributed by atoms with Crippen LogP contribution < -0.4 is 15.0 Å². The van der Waals surface area contributed by atoms with Crippen LogP contribution in [0.3, 0.4) is 0 Å². The number of piperazine rings is 1. The third-order valence-electron chi connectivity index (χ3n) is 8.13. The van der Waals surface area contributed by atoms with Crippen LogP contribution in [0.5, 0.6) is 11.8 Å². The first-order valence-corrected chi connectivity index (χ1v) is 14.0. The molecule has 2 aromatic heterocycles. The third-order valence-corrected chi connectivity index (χ3v) is 8.13. The zero-order chi connectivity index (χ0) is 29.1. The number of likely N-dealkylation sites (tertiary alicyclic amines) is 1. The summed E-state index contributed by atoms with van der Waals surface area (Å²) in [5, 5.41) is 16.1. The molecule has 7 rings (SSSR count). The maximum absolute atomic E-state index is 16.0. The highest BCUT2D eigenvalue weighted by atomic mass is 19.1. The SMILES string of the molecule is CF.CN1CCCC1.COc1nc(N2CC3CCC(C)(C2)N3)c2cnc(-c3cc(O)cc4ccccc34)c(F)c2n1. The van der Waals surface area contributed by atoms with Gasteiger partial charge in [-0.2, -0.15) is 9.97 Å². The van der Waals surface area contributed by atoms with Crippen LogP contribution in [0.25, 0.3) is 32.9 Å². The number of halogens is 2. The number of alkyl halides is 1. The summed E-state index contributed by atoms with van der Waals surface area (Å²) in [6, 6.07) is 11.2. The van der Waals surface area contributed by atoms with Gasteiger partial charge in [0.2, 0.25) is 0 Å². The van der Waals surface area contributed by atoms with E-state index in [0.717, 1.165) is 36.7 Å². The zero-order valence-electron chi connectivity index (χ0n) is 24.1. The number of phenolic OH excluding ortho intramolecular Hbond substituents is 1. The zero-order valence-corrected chi connectivity index (χ0v) is 24.1. The van der Waals surface area contributed by atoms with Gasteiger partial charge in [0.1, 0.15) is 22.8 Å². The molecule has 10 heteroatoms. The van der Waals surface area contributed by atoms with Crippen LogP contribution in [0.15, 0.2) is 42.6 Å². The molecule has 2 unspecified atom stereocenters. The molecule has 0 aliphatic carbocycles. The first-order chi connectivity index (χ1) is 19.8. The van der Waals surface area contributed by atoms with Crippen molar-refractivity contribution in [1.29, 1.82) is 0 Å². The van der Waals surface area contributed by atoms with Gasteiger partial charge < -0.3 is 25.0 Å². The van der Waals surface area contributed by atoms with Crippen molar-refractivity contribution in [1.82, 2.24) is 25.2 Å². The van der Waals surface area contributed by atoms with Gasteiger partial charge >= 0.3 is 6.01 Å². The Hall–Kier alpha value is -3.63. The van der Waals surface area contributed by atoms with Gasteiger partial charge in [-0.1, -0.05) is 24.3 Å². The predicted octanol–water partition coefficient (Wildman–Crippen LogP) is 5.33. The van der Waals surface area contributed by atoms with Gasteiger partial charge in [0.05, 0.1) is 19.7 Å². The molecular weight excluding hydrogens is 526 g/mol. The lowest BCUT2D eigenvalue weighted by Gasteiger charge is -2.40. The molecule has 3 fully saturated rings. The van der Waals surface area contributed by atoms with Crippen molar-refractivity contribution in [2.45, 2.75) is 44.2 Å². The van der Waals surface area contributed by atoms with E-state index in [-0.39, 0.29) is 28.5 Å². The quantitative estimate of drug-likeness (QED) is 0.346. The highest BCUT2D eigenvalue weighted by Gasteiger charge is 2.42. The van der Waals surface area contributed by atoms with Crippen molar-refractivity contribution in [3.63, 3.8) is 0 Å². The summed E-state index contributed by atoms with van der Waals surface area (Å²) in [7, 11) is 4.16. The van der Waals surface area contributed by atoms with Crippen molar-refractivity contribution in [3.8, 4) is 23.0 Å². The van der Waals surface area contributed by atoms with Crippen molar-refractivity contribution in [2.24, 2.45) is 0 Å². The number of hydrogen-bond acceptors (Lipinski definition) is 8. The van der Waals surface area contributed by atoms with E-state index >= 15 is 4.39 Å². The summed E-state index contributed by atoms with van der Waals surface area (Å²) >= 11 is 0. The Kier molecular flexibility index (Phi) is 8.51. The summed E-state index contributed by atoms with van der Waals surface area (Å²) in [5.41, 5.74) is 0.801. The standard InChI is InChI=1S/C25H24FN5O2.C5H11N.CH3F/c1-25-8-7-15(30-25)12-31(13-25)23-19-11-27-21(20(26)22(19)28-24(29-23)33-2)18-10-16(32)9-14-5-3-4-6-17(14)18;1-6-4-2-3-5-6;1-2/h3-6,9-11,15,30,32H,7-8,12-13H2,1-2H3;2-5H2,1H3;1H3. The fourth-order valence-electron chi connectivity index (χ4n) is 6.21. The smallest absolute Gasteiger partial charge is 0.318 e. The van der Waals surface area contributed by atoms with E-state index in [9.17, 15) is 9.50 Å². The molecule has 0 amide bonds. The van der Waals surface area contributed by atoms with Crippen LogP contribution >= 0.6 is 0 Å². The number of benzene rings is 2. The lowest BCUT2D eigenvalue weighted by molar-refractivity contribution is 0.346. The molecule has 2 atom stereocenters. The summed E-state index contributed by atoms with van der Waals surface area (Å²) in [6.07, 6.45) is 6.66. The fraction of sp³-hybridized carbons (Fsp3) is 0.452. The van der Waals surface area contributed by atoms with Gasteiger partial charge in [-0.3, -0.25) is 9.37 Å². The minimum absolute atomic E-state index is 0.000179. The van der Waals surface area contributed by atoms with Gasteiger partial charge in [-0.25, -0.2) is 4.39 Å². The molecule has 2 bridgehead atoms. The lowest BCUT2D eigenvalue weighted by Crippen LogP contribution is -2.58. The molecule has 218 valence electrons. The number of rotatable bonds is 3. The van der Waals surface area contributed by atoms with Crippen LogP contribution in [0.2, 0.25) is 0 Å². The topological polar surface area (TPSA) is 86.6 Å². The van der Waals surface area contributed by atoms with E-state index < -0.39 is 5.82 Å². The van der Waals surface area contributed by atoms with E-state index in [1.165, 1.54) is 39.1 Å². The molecular formula is C31H38F2N6O2. The number of nitrogens with zero attached hydrogens (tertiary/aromatic N) is 5. The summed E-state index contributed by atoms with van der Waals surface area (Å²) in [5.74, 6) is 0.125. The number of fused-ring (bicyclic) bond motifs is 4. The van der Waals surface area contributed by atoms with E-state index in [1.54, 1.807) is 12.3 Å². The molecule has 0 saturated carbocycles. The van der Waals surface area contributed by atoms with E-state index in [1.807, 2.05) is 24.3 Å². The van der Waals surface area contributed by atoms with Crippen LogP contribution in [-0.4, -0.2) is 84.1 Å². The second-order valence-electron chi connectivity index (χ2n) is 11.3. The summed E-state index contributed by atoms with van der Waals surface area (Å²) in [4.78, 5) is 18.0. The lowest BCUT2D eigenvalue weighted by atomic mass is 9.99. The van der Waals surface area contributed by atoms with Crippen molar-refractivity contribution in [2.75, 3.05) is 52.4 Å². The van der Waals surface area contributed by atoms with Gasteiger partial charge in [0, 0.05) is 36.4 Å². The van der Waals surface area contributed by atoms with Crippen molar-refractivity contribution >= 4 is 27.5 Å². The average Bonchev–Trinajstić information content (AvgIpc) is 3.58. The van der Waals surface area contributed by atoms with Crippen LogP contribution in [-0.2, 0) is 0 Å². The Labute approximate surface area is 239 Å². The largest absolute Gasteiger partial charge is 0.508 e. The van der Waals surface area contributed by atoms with Gasteiger partial charge in [-0.05, 0) is 75.6 Å². The molecule has 3 aliphatic rings. The highest BCUT2D eigenvalue weighted by molar-refractivity contribution is 5.99. The molecule has 8 nitrogen and oxygen atoms in total. The second-order valence-corrected chi connectivity index (χ2v) is 11.3. The molecule has 3 saturated heterocycles. The fourth-order valence-corrected chi connectivity index (χ4v) is 6.21. The maximum atomic E-state index is 16.0. The Morgan fingerprint density at radius 3 is 2.54 bits per heavy atom. The number of phenols is 1. The van der Waals surface area contributed by atoms with Crippen molar-refractivity contribution < 1.29 is 18.6 Å². The number of aromatic nitrogens is 3. The molecule has 4 aromatic rings. The normalized spacial score (nSPS) is 21.8. The number of aromatic hydroxyl groups is 1. The van der Waals surface area contributed by atoms with Crippen LogP contribution in [0, 0.1) is 5.82 Å². The second kappa shape index (κ2) is 12.1. The van der Waals surface area contributed by atoms with Crippen LogP contribution in [0.1, 0.15) is 32.6 Å². The average molecular weight is 565 g/mol. The number of nitrogens with one attached hydrogen (secondary N) is 1. The van der Waals surface area contributed by atoms with Gasteiger partial charge in [0.25, 0.3) is 0 Å². The Bertz CT molecular complexity index is 1530. The van der Waals surface area contributed by atoms with Crippen molar-refractivity contribution in [3.05, 3.63) is 48.4 Å². The number of anilines is 1. The number of pyridine rings is 1. The van der Waals surface area contributed by atoms with E-state index in [4.69, 9.17) is 4.74 Å².